The van der Waals surface area contributed by atoms with Gasteiger partial charge in [-0.25, -0.2) is 0 Å². The first-order chi connectivity index (χ1) is 8.33. The summed E-state index contributed by atoms with van der Waals surface area (Å²) in [5.74, 6) is -1.55. The smallest absolute Gasteiger partial charge is 0.368 e. The van der Waals surface area contributed by atoms with E-state index in [1.165, 1.54) is 0 Å². The normalized spacial score (nSPS) is 33.4. The topological polar surface area (TPSA) is 55.1 Å². The highest BCUT2D eigenvalue weighted by Gasteiger charge is 2.50. The molecular weight excluding hydrogens is 245 g/mol. The molecule has 3 nitrogen and oxygen atoms in total. The molecule has 0 spiro atoms. The molecular formula is C12H19F3N2O. The molecule has 2 aliphatic rings. The van der Waals surface area contributed by atoms with Crippen molar-refractivity contribution in [3.05, 3.63) is 0 Å². The third kappa shape index (κ3) is 2.96. The lowest BCUT2D eigenvalue weighted by molar-refractivity contribution is -0.188. The minimum absolute atomic E-state index is 0.101. The molecule has 0 saturated heterocycles. The third-order valence-electron chi connectivity index (χ3n) is 4.11. The summed E-state index contributed by atoms with van der Waals surface area (Å²) in [7, 11) is 0. The van der Waals surface area contributed by atoms with E-state index in [1.807, 2.05) is 0 Å². The zero-order chi connectivity index (χ0) is 13.4. The van der Waals surface area contributed by atoms with Crippen LogP contribution >= 0.6 is 0 Å². The van der Waals surface area contributed by atoms with Gasteiger partial charge in [0.25, 0.3) is 0 Å². The molecule has 2 saturated carbocycles. The first-order valence-electron chi connectivity index (χ1n) is 6.45. The van der Waals surface area contributed by atoms with Crippen molar-refractivity contribution >= 4 is 5.91 Å². The van der Waals surface area contributed by atoms with Gasteiger partial charge in [0.15, 0.2) is 0 Å². The molecule has 0 heterocycles. The maximum Gasteiger partial charge on any atom is 0.391 e. The lowest BCUT2D eigenvalue weighted by Crippen LogP contribution is -2.59. The van der Waals surface area contributed by atoms with Crippen molar-refractivity contribution in [1.29, 1.82) is 0 Å². The van der Waals surface area contributed by atoms with Crippen LogP contribution in [0.15, 0.2) is 0 Å². The molecule has 0 aromatic carbocycles. The summed E-state index contributed by atoms with van der Waals surface area (Å²) in [6, 6.07) is 0. The molecule has 1 amide bonds. The van der Waals surface area contributed by atoms with E-state index in [0.29, 0.717) is 25.3 Å². The predicted molar refractivity (Wildman–Crippen MR) is 60.7 cm³/mol. The van der Waals surface area contributed by atoms with Crippen molar-refractivity contribution in [3.63, 3.8) is 0 Å². The minimum Gasteiger partial charge on any atom is -0.368 e. The van der Waals surface area contributed by atoms with Crippen molar-refractivity contribution in [2.45, 2.75) is 50.2 Å². The average Bonchev–Trinajstić information content (AvgIpc) is 3.09. The van der Waals surface area contributed by atoms with Crippen LogP contribution in [0.2, 0.25) is 0 Å². The monoisotopic (exact) mass is 264 g/mol. The van der Waals surface area contributed by atoms with Gasteiger partial charge in [-0.1, -0.05) is 6.42 Å². The van der Waals surface area contributed by atoms with Crippen LogP contribution in [0, 0.1) is 11.8 Å². The Balaban J connectivity index is 2.05. The van der Waals surface area contributed by atoms with Crippen molar-refractivity contribution < 1.29 is 18.0 Å². The zero-order valence-electron chi connectivity index (χ0n) is 10.2. The van der Waals surface area contributed by atoms with E-state index in [0.717, 1.165) is 12.8 Å². The number of amides is 1. The second kappa shape index (κ2) is 4.72. The SMILES string of the molecule is NC(=O)C1(NCC2CC2)CCCC(C(F)(F)F)C1. The fraction of sp³-hybridized carbons (Fsp3) is 0.917. The Labute approximate surface area is 104 Å². The molecule has 104 valence electrons. The maximum absolute atomic E-state index is 12.8. The van der Waals surface area contributed by atoms with Crippen LogP contribution < -0.4 is 11.1 Å². The van der Waals surface area contributed by atoms with E-state index in [4.69, 9.17) is 5.73 Å². The largest absolute Gasteiger partial charge is 0.391 e. The second-order valence-corrected chi connectivity index (χ2v) is 5.61. The van der Waals surface area contributed by atoms with Gasteiger partial charge in [-0.15, -0.1) is 0 Å². The number of nitrogens with one attached hydrogen (secondary N) is 1. The summed E-state index contributed by atoms with van der Waals surface area (Å²) in [5.41, 5.74) is 4.19. The molecule has 2 fully saturated rings. The molecule has 2 rings (SSSR count). The summed E-state index contributed by atoms with van der Waals surface area (Å²) in [6.07, 6.45) is -1.36. The number of nitrogens with two attached hydrogens (primary N) is 1. The summed E-state index contributed by atoms with van der Waals surface area (Å²) >= 11 is 0. The third-order valence-corrected chi connectivity index (χ3v) is 4.11. The van der Waals surface area contributed by atoms with Crippen LogP contribution in [-0.2, 0) is 4.79 Å². The highest BCUT2D eigenvalue weighted by atomic mass is 19.4. The first-order valence-corrected chi connectivity index (χ1v) is 6.45. The van der Waals surface area contributed by atoms with Gasteiger partial charge in [0.1, 0.15) is 0 Å². The van der Waals surface area contributed by atoms with Crippen LogP contribution in [0.25, 0.3) is 0 Å². The Morgan fingerprint density at radius 1 is 1.33 bits per heavy atom. The molecule has 0 aliphatic heterocycles. The van der Waals surface area contributed by atoms with E-state index < -0.39 is 23.5 Å². The molecule has 2 unspecified atom stereocenters. The molecule has 6 heteroatoms. The number of alkyl halides is 3. The van der Waals surface area contributed by atoms with Crippen molar-refractivity contribution in [1.82, 2.24) is 5.32 Å². The molecule has 0 aromatic heterocycles. The van der Waals surface area contributed by atoms with E-state index in [1.54, 1.807) is 0 Å². The van der Waals surface area contributed by atoms with Gasteiger partial charge in [0.2, 0.25) is 5.91 Å². The second-order valence-electron chi connectivity index (χ2n) is 5.61. The van der Waals surface area contributed by atoms with Gasteiger partial charge in [-0.05, 0) is 44.6 Å². The van der Waals surface area contributed by atoms with E-state index in [-0.39, 0.29) is 12.8 Å². The van der Waals surface area contributed by atoms with Crippen LogP contribution in [0.3, 0.4) is 0 Å². The van der Waals surface area contributed by atoms with Gasteiger partial charge in [0.05, 0.1) is 11.5 Å². The number of rotatable bonds is 4. The Morgan fingerprint density at radius 3 is 2.50 bits per heavy atom. The maximum atomic E-state index is 12.8. The van der Waals surface area contributed by atoms with Gasteiger partial charge in [-0.3, -0.25) is 4.79 Å². The number of hydrogen-bond donors (Lipinski definition) is 2. The number of primary amides is 1. The molecule has 0 radical (unpaired) electrons. The number of hydrogen-bond acceptors (Lipinski definition) is 2. The molecule has 0 bridgehead atoms. The van der Waals surface area contributed by atoms with E-state index in [9.17, 15) is 18.0 Å². The highest BCUT2D eigenvalue weighted by molar-refractivity contribution is 5.84. The van der Waals surface area contributed by atoms with Gasteiger partial charge in [-0.2, -0.15) is 13.2 Å². The predicted octanol–water partition coefficient (Wildman–Crippen LogP) is 1.96. The molecule has 2 atom stereocenters. The van der Waals surface area contributed by atoms with Crippen molar-refractivity contribution in [3.8, 4) is 0 Å². The fourth-order valence-electron chi connectivity index (χ4n) is 2.69. The van der Waals surface area contributed by atoms with Crippen molar-refractivity contribution in [2.24, 2.45) is 17.6 Å². The molecule has 18 heavy (non-hydrogen) atoms. The van der Waals surface area contributed by atoms with E-state index in [2.05, 4.69) is 5.32 Å². The van der Waals surface area contributed by atoms with Gasteiger partial charge < -0.3 is 11.1 Å². The van der Waals surface area contributed by atoms with Crippen LogP contribution in [0.5, 0.6) is 0 Å². The van der Waals surface area contributed by atoms with Crippen LogP contribution in [0.4, 0.5) is 13.2 Å². The molecule has 2 aliphatic carbocycles. The first kappa shape index (κ1) is 13.6. The average molecular weight is 264 g/mol. The highest BCUT2D eigenvalue weighted by Crippen LogP contribution is 2.42. The Kier molecular flexibility index (Phi) is 3.58. The number of carbonyl (C=O) groups excluding carboxylic acids is 1. The summed E-state index contributed by atoms with van der Waals surface area (Å²) in [5, 5.41) is 3.02. The number of carbonyl (C=O) groups is 1. The molecule has 3 N–H and O–H groups in total. The Hall–Kier alpha value is -0.780. The molecule has 0 aromatic rings. The van der Waals surface area contributed by atoms with Crippen molar-refractivity contribution in [2.75, 3.05) is 6.54 Å². The minimum atomic E-state index is -4.23. The summed E-state index contributed by atoms with van der Waals surface area (Å²) < 4.78 is 38.3. The van der Waals surface area contributed by atoms with Gasteiger partial charge >= 0.3 is 6.18 Å². The van der Waals surface area contributed by atoms with Crippen LogP contribution in [-0.4, -0.2) is 24.2 Å². The van der Waals surface area contributed by atoms with E-state index >= 15 is 0 Å². The zero-order valence-corrected chi connectivity index (χ0v) is 10.2. The summed E-state index contributed by atoms with van der Waals surface area (Å²) in [4.78, 5) is 11.6. The Morgan fingerprint density at radius 2 is 2.00 bits per heavy atom. The number of halogens is 3. The van der Waals surface area contributed by atoms with Crippen LogP contribution in [0.1, 0.15) is 38.5 Å². The quantitative estimate of drug-likeness (QED) is 0.815. The summed E-state index contributed by atoms with van der Waals surface area (Å²) in [6.45, 7) is 0.605. The lowest BCUT2D eigenvalue weighted by Gasteiger charge is -2.40. The lowest BCUT2D eigenvalue weighted by atomic mass is 9.74. The Bertz CT molecular complexity index is 328. The fourth-order valence-corrected chi connectivity index (χ4v) is 2.69. The van der Waals surface area contributed by atoms with Gasteiger partial charge in [0, 0.05) is 0 Å². The standard InChI is InChI=1S/C12H19F3N2O/c13-12(14,15)9-2-1-5-11(6-9,10(16)18)17-7-8-3-4-8/h8-9,17H,1-7H2,(H2,16,18).